The Labute approximate surface area is 109 Å². The second-order valence-electron chi connectivity index (χ2n) is 3.92. The molecule has 0 aliphatic rings. The molecule has 0 radical (unpaired) electrons. The van der Waals surface area contributed by atoms with Crippen molar-refractivity contribution >= 4 is 22.4 Å². The molecule has 0 bridgehead atoms. The van der Waals surface area contributed by atoms with E-state index in [-0.39, 0.29) is 0 Å². The van der Waals surface area contributed by atoms with E-state index in [1.54, 1.807) is 23.7 Å². The molecule has 0 aliphatic carbocycles. The molecule has 0 unspecified atom stereocenters. The summed E-state index contributed by atoms with van der Waals surface area (Å²) in [5.41, 5.74) is 2.91. The van der Waals surface area contributed by atoms with Crippen LogP contribution in [0.4, 0.5) is 0 Å². The average molecular weight is 256 g/mol. The lowest BCUT2D eigenvalue weighted by molar-refractivity contribution is 0.829. The summed E-state index contributed by atoms with van der Waals surface area (Å²) in [5, 5.41) is 4.15. The second-order valence-corrected chi connectivity index (χ2v) is 5.04. The minimum Gasteiger partial charge on any atom is -0.315 e. The maximum absolute atomic E-state index is 4.44. The first-order valence-corrected chi connectivity index (χ1v) is 6.49. The minimum absolute atomic E-state index is 0.852. The Hall–Kier alpha value is -1.85. The number of nitrogens with zero attached hydrogens (tertiary/aromatic N) is 3. The van der Waals surface area contributed by atoms with E-state index >= 15 is 0 Å². The zero-order valence-corrected chi connectivity index (χ0v) is 10.7. The van der Waals surface area contributed by atoms with E-state index in [4.69, 9.17) is 0 Å². The Morgan fingerprint density at radius 2 is 1.94 bits per heavy atom. The van der Waals surface area contributed by atoms with Gasteiger partial charge >= 0.3 is 0 Å². The van der Waals surface area contributed by atoms with Crippen molar-refractivity contribution in [2.75, 3.05) is 7.05 Å². The van der Waals surface area contributed by atoms with E-state index in [1.165, 1.54) is 4.88 Å². The molecule has 0 atom stereocenters. The molecule has 0 saturated carbocycles. The number of fused-ring (bicyclic) bond motifs is 1. The van der Waals surface area contributed by atoms with Crippen molar-refractivity contribution in [3.63, 3.8) is 0 Å². The average Bonchev–Trinajstić information content (AvgIpc) is 2.87. The fraction of sp³-hybridized carbons (Fsp3) is 0.154. The molecule has 3 rings (SSSR count). The highest BCUT2D eigenvalue weighted by molar-refractivity contribution is 7.15. The SMILES string of the molecule is CNCc1cnc(-c2ccc3nccnc3c2)s1. The summed E-state index contributed by atoms with van der Waals surface area (Å²) in [4.78, 5) is 14.2. The third-order valence-electron chi connectivity index (χ3n) is 2.62. The van der Waals surface area contributed by atoms with Gasteiger partial charge in [0.25, 0.3) is 0 Å². The van der Waals surface area contributed by atoms with E-state index in [9.17, 15) is 0 Å². The molecule has 0 fully saturated rings. The molecule has 0 aliphatic heterocycles. The largest absolute Gasteiger partial charge is 0.315 e. The predicted molar refractivity (Wildman–Crippen MR) is 73.4 cm³/mol. The summed E-state index contributed by atoms with van der Waals surface area (Å²) in [5.74, 6) is 0. The van der Waals surface area contributed by atoms with E-state index in [1.807, 2.05) is 31.4 Å². The van der Waals surface area contributed by atoms with Crippen molar-refractivity contribution in [2.24, 2.45) is 0 Å². The molecule has 1 N–H and O–H groups in total. The minimum atomic E-state index is 0.852. The molecule has 4 nitrogen and oxygen atoms in total. The van der Waals surface area contributed by atoms with Crippen molar-refractivity contribution < 1.29 is 0 Å². The molecule has 0 saturated heterocycles. The third kappa shape index (κ3) is 2.10. The molecule has 18 heavy (non-hydrogen) atoms. The highest BCUT2D eigenvalue weighted by Gasteiger charge is 2.05. The highest BCUT2D eigenvalue weighted by atomic mass is 32.1. The molecule has 0 spiro atoms. The zero-order chi connectivity index (χ0) is 12.4. The first-order valence-electron chi connectivity index (χ1n) is 5.67. The molecule has 90 valence electrons. The number of rotatable bonds is 3. The van der Waals surface area contributed by atoms with Crippen molar-refractivity contribution in [3.8, 4) is 10.6 Å². The summed E-state index contributed by atoms with van der Waals surface area (Å²) < 4.78 is 0. The van der Waals surface area contributed by atoms with Crippen molar-refractivity contribution in [3.05, 3.63) is 41.7 Å². The van der Waals surface area contributed by atoms with Gasteiger partial charge in [0.1, 0.15) is 5.01 Å². The van der Waals surface area contributed by atoms with Crippen LogP contribution in [0.15, 0.2) is 36.8 Å². The second kappa shape index (κ2) is 4.80. The van der Waals surface area contributed by atoms with Crippen LogP contribution in [-0.2, 0) is 6.54 Å². The van der Waals surface area contributed by atoms with Crippen LogP contribution < -0.4 is 5.32 Å². The van der Waals surface area contributed by atoms with Crippen molar-refractivity contribution in [2.45, 2.75) is 6.54 Å². The standard InChI is InChI=1S/C13H12N4S/c1-14-7-10-8-17-13(18-10)9-2-3-11-12(6-9)16-5-4-15-11/h2-6,8,14H,7H2,1H3. The predicted octanol–water partition coefficient (Wildman–Crippen LogP) is 2.47. The maximum atomic E-state index is 4.44. The fourth-order valence-electron chi connectivity index (χ4n) is 1.79. The van der Waals surface area contributed by atoms with Gasteiger partial charge in [0.2, 0.25) is 0 Å². The molecule has 0 amide bonds. The first-order chi connectivity index (χ1) is 8.86. The van der Waals surface area contributed by atoms with Gasteiger partial charge in [-0.25, -0.2) is 4.98 Å². The van der Waals surface area contributed by atoms with Crippen LogP contribution in [0.5, 0.6) is 0 Å². The molecule has 3 aromatic rings. The van der Waals surface area contributed by atoms with Gasteiger partial charge in [-0.1, -0.05) is 0 Å². The molecule has 5 heteroatoms. The summed E-state index contributed by atoms with van der Waals surface area (Å²) in [7, 11) is 1.94. The van der Waals surface area contributed by atoms with Gasteiger partial charge in [-0.3, -0.25) is 9.97 Å². The van der Waals surface area contributed by atoms with Crippen LogP contribution in [-0.4, -0.2) is 22.0 Å². The highest BCUT2D eigenvalue weighted by Crippen LogP contribution is 2.26. The van der Waals surface area contributed by atoms with Crippen LogP contribution in [0.3, 0.4) is 0 Å². The van der Waals surface area contributed by atoms with Gasteiger partial charge in [0.05, 0.1) is 11.0 Å². The molecule has 2 heterocycles. The number of aromatic nitrogens is 3. The van der Waals surface area contributed by atoms with Gasteiger partial charge in [0.15, 0.2) is 0 Å². The quantitative estimate of drug-likeness (QED) is 0.782. The third-order valence-corrected chi connectivity index (χ3v) is 3.67. The molecular weight excluding hydrogens is 244 g/mol. The van der Waals surface area contributed by atoms with Crippen LogP contribution in [0, 0.1) is 0 Å². The van der Waals surface area contributed by atoms with Gasteiger partial charge in [-0.2, -0.15) is 0 Å². The van der Waals surface area contributed by atoms with Gasteiger partial charge in [-0.05, 0) is 25.2 Å². The lowest BCUT2D eigenvalue weighted by Crippen LogP contribution is -2.02. The van der Waals surface area contributed by atoms with Gasteiger partial charge < -0.3 is 5.32 Å². The summed E-state index contributed by atoms with van der Waals surface area (Å²) in [6.07, 6.45) is 5.33. The van der Waals surface area contributed by atoms with Crippen LogP contribution in [0.25, 0.3) is 21.6 Å². The Balaban J connectivity index is 2.02. The monoisotopic (exact) mass is 256 g/mol. The van der Waals surface area contributed by atoms with E-state index in [0.717, 1.165) is 28.1 Å². The Morgan fingerprint density at radius 1 is 1.11 bits per heavy atom. The lowest BCUT2D eigenvalue weighted by atomic mass is 10.2. The van der Waals surface area contributed by atoms with Gasteiger partial charge in [0, 0.05) is 35.6 Å². The van der Waals surface area contributed by atoms with Gasteiger partial charge in [-0.15, -0.1) is 11.3 Å². The van der Waals surface area contributed by atoms with Crippen LogP contribution in [0.2, 0.25) is 0 Å². The Morgan fingerprint density at radius 3 is 2.78 bits per heavy atom. The van der Waals surface area contributed by atoms with Crippen LogP contribution in [0.1, 0.15) is 4.88 Å². The maximum Gasteiger partial charge on any atom is 0.123 e. The van der Waals surface area contributed by atoms with Crippen molar-refractivity contribution in [1.29, 1.82) is 0 Å². The molecular formula is C13H12N4S. The summed E-state index contributed by atoms with van der Waals surface area (Å²) in [6.45, 7) is 0.852. The van der Waals surface area contributed by atoms with E-state index in [0.29, 0.717) is 0 Å². The Bertz CT molecular complexity index is 677. The Kier molecular flexibility index (Phi) is 3.00. The fourth-order valence-corrected chi connectivity index (χ4v) is 2.71. The summed E-state index contributed by atoms with van der Waals surface area (Å²) >= 11 is 1.70. The lowest BCUT2D eigenvalue weighted by Gasteiger charge is -1.99. The summed E-state index contributed by atoms with van der Waals surface area (Å²) in [6, 6.07) is 6.06. The topological polar surface area (TPSA) is 50.7 Å². The zero-order valence-electron chi connectivity index (χ0n) is 9.92. The number of benzene rings is 1. The molecule has 1 aromatic carbocycles. The van der Waals surface area contributed by atoms with Crippen LogP contribution >= 0.6 is 11.3 Å². The normalized spacial score (nSPS) is 10.9. The van der Waals surface area contributed by atoms with Crippen molar-refractivity contribution in [1.82, 2.24) is 20.3 Å². The molecule has 2 aromatic heterocycles. The number of thiazole rings is 1. The number of nitrogens with one attached hydrogen (secondary N) is 1. The van der Waals surface area contributed by atoms with E-state index < -0.39 is 0 Å². The number of hydrogen-bond acceptors (Lipinski definition) is 5. The smallest absolute Gasteiger partial charge is 0.123 e. The van der Waals surface area contributed by atoms with E-state index in [2.05, 4.69) is 20.3 Å². The first kappa shape index (κ1) is 11.3. The number of hydrogen-bond donors (Lipinski definition) is 1.